The van der Waals surface area contributed by atoms with Crippen LogP contribution >= 0.6 is 0 Å². The van der Waals surface area contributed by atoms with Crippen molar-refractivity contribution < 1.29 is 17.9 Å². The van der Waals surface area contributed by atoms with Gasteiger partial charge in [-0.2, -0.15) is 0 Å². The fourth-order valence-electron chi connectivity index (χ4n) is 2.84. The first-order chi connectivity index (χ1) is 12.0. The molecule has 2 aromatic rings. The van der Waals surface area contributed by atoms with Gasteiger partial charge in [0.1, 0.15) is 5.75 Å². The van der Waals surface area contributed by atoms with Crippen LogP contribution in [0.2, 0.25) is 0 Å². The van der Waals surface area contributed by atoms with Crippen LogP contribution in [0.25, 0.3) is 0 Å². The van der Waals surface area contributed by atoms with Gasteiger partial charge in [-0.05, 0) is 35.9 Å². The number of hydrogen-bond acceptors (Lipinski definition) is 4. The predicted molar refractivity (Wildman–Crippen MR) is 97.3 cm³/mol. The van der Waals surface area contributed by atoms with Crippen LogP contribution < -0.4 is 9.64 Å². The van der Waals surface area contributed by atoms with Gasteiger partial charge in [0.2, 0.25) is 5.91 Å². The van der Waals surface area contributed by atoms with E-state index < -0.39 is 15.9 Å². The molecule has 1 amide bonds. The van der Waals surface area contributed by atoms with E-state index in [0.29, 0.717) is 11.4 Å². The summed E-state index contributed by atoms with van der Waals surface area (Å²) in [4.78, 5) is 14.5. The Kier molecular flexibility index (Phi) is 4.90. The molecule has 0 bridgehead atoms. The minimum absolute atomic E-state index is 0.0977. The minimum atomic E-state index is -3.27. The lowest BCUT2D eigenvalue weighted by Gasteiger charge is -2.28. The van der Waals surface area contributed by atoms with E-state index in [9.17, 15) is 13.2 Å². The van der Waals surface area contributed by atoms with Gasteiger partial charge in [-0.25, -0.2) is 8.42 Å². The number of amides is 1. The number of ether oxygens (including phenoxy) is 1. The second-order valence-electron chi connectivity index (χ2n) is 5.85. The molecule has 0 spiro atoms. The topological polar surface area (TPSA) is 63.7 Å². The summed E-state index contributed by atoms with van der Waals surface area (Å²) in [5.41, 5.74) is 1.53. The second kappa shape index (κ2) is 7.11. The van der Waals surface area contributed by atoms with Crippen molar-refractivity contribution in [3.05, 3.63) is 71.6 Å². The first-order valence-corrected chi connectivity index (χ1v) is 9.61. The van der Waals surface area contributed by atoms with Crippen LogP contribution in [0, 0.1) is 0 Å². The Hall–Kier alpha value is -2.60. The van der Waals surface area contributed by atoms with Crippen LogP contribution in [0.3, 0.4) is 0 Å². The van der Waals surface area contributed by atoms with Crippen LogP contribution in [0.1, 0.15) is 5.56 Å². The third-order valence-electron chi connectivity index (χ3n) is 4.06. The van der Waals surface area contributed by atoms with Crippen LogP contribution in [-0.2, 0) is 21.1 Å². The number of rotatable bonds is 5. The quantitative estimate of drug-likeness (QED) is 0.825. The highest BCUT2D eigenvalue weighted by molar-refractivity contribution is 7.94. The second-order valence-corrected chi connectivity index (χ2v) is 7.78. The lowest BCUT2D eigenvalue weighted by Crippen LogP contribution is -2.42. The number of sulfone groups is 1. The zero-order valence-electron chi connectivity index (χ0n) is 13.8. The number of benzene rings is 2. The van der Waals surface area contributed by atoms with Crippen LogP contribution in [0.15, 0.2) is 66.1 Å². The Bertz CT molecular complexity index is 873. The summed E-state index contributed by atoms with van der Waals surface area (Å²) in [5.74, 6) is 0.427. The maximum atomic E-state index is 12.9. The number of hydrogen-bond donors (Lipinski definition) is 0. The van der Waals surface area contributed by atoms with E-state index in [-0.39, 0.29) is 18.1 Å². The lowest BCUT2D eigenvalue weighted by molar-refractivity contribution is -0.118. The van der Waals surface area contributed by atoms with E-state index in [1.807, 2.05) is 30.3 Å². The van der Waals surface area contributed by atoms with Gasteiger partial charge in [0.05, 0.1) is 25.3 Å². The molecule has 1 aliphatic rings. The van der Waals surface area contributed by atoms with Crippen LogP contribution in [0.5, 0.6) is 5.75 Å². The van der Waals surface area contributed by atoms with Crippen molar-refractivity contribution in [3.63, 3.8) is 0 Å². The van der Waals surface area contributed by atoms with E-state index in [0.717, 1.165) is 5.56 Å². The maximum Gasteiger partial charge on any atom is 0.231 e. The summed E-state index contributed by atoms with van der Waals surface area (Å²) in [6.45, 7) is 0. The molecule has 1 aliphatic heterocycles. The van der Waals surface area contributed by atoms with Gasteiger partial charge in [-0.15, -0.1) is 0 Å². The van der Waals surface area contributed by atoms with E-state index in [1.165, 1.54) is 5.41 Å². The molecule has 130 valence electrons. The monoisotopic (exact) mass is 357 g/mol. The van der Waals surface area contributed by atoms with Crippen molar-refractivity contribution in [1.29, 1.82) is 0 Å². The van der Waals surface area contributed by atoms with Crippen molar-refractivity contribution >= 4 is 21.4 Å². The zero-order valence-corrected chi connectivity index (χ0v) is 14.6. The molecule has 0 radical (unpaired) electrons. The zero-order chi connectivity index (χ0) is 17.9. The number of anilines is 1. The smallest absolute Gasteiger partial charge is 0.231 e. The molecular formula is C19H19NO4S. The summed E-state index contributed by atoms with van der Waals surface area (Å²) >= 11 is 0. The molecular weight excluding hydrogens is 338 g/mol. The summed E-state index contributed by atoms with van der Waals surface area (Å²) in [6, 6.07) is 15.9. The standard InChI is InChI=1S/C19H19NO4S/c1-24-18-9-7-16(8-10-18)20(17-11-12-25(22,23)14-17)19(21)13-15-5-3-2-4-6-15/h2-12,17H,13-14H2,1H3. The van der Waals surface area contributed by atoms with Crippen molar-refractivity contribution in [2.45, 2.75) is 12.5 Å². The van der Waals surface area contributed by atoms with Gasteiger partial charge < -0.3 is 9.64 Å². The van der Waals surface area contributed by atoms with Crippen LogP contribution in [0.4, 0.5) is 5.69 Å². The Morgan fingerprint density at radius 1 is 1.12 bits per heavy atom. The molecule has 1 unspecified atom stereocenters. The molecule has 1 atom stereocenters. The number of carbonyl (C=O) groups excluding carboxylic acids is 1. The normalized spacial score (nSPS) is 18.0. The maximum absolute atomic E-state index is 12.9. The SMILES string of the molecule is COc1ccc(N(C(=O)Cc2ccccc2)C2C=CS(=O)(=O)C2)cc1. The van der Waals surface area contributed by atoms with Crippen molar-refractivity contribution in [1.82, 2.24) is 0 Å². The van der Waals surface area contributed by atoms with Crippen molar-refractivity contribution in [2.75, 3.05) is 17.8 Å². The molecule has 6 heteroatoms. The molecule has 2 aromatic carbocycles. The van der Waals surface area contributed by atoms with Gasteiger partial charge >= 0.3 is 0 Å². The van der Waals surface area contributed by atoms with Gasteiger partial charge in [-0.3, -0.25) is 4.79 Å². The van der Waals surface area contributed by atoms with Crippen molar-refractivity contribution in [2.24, 2.45) is 0 Å². The van der Waals surface area contributed by atoms with Gasteiger partial charge in [0.15, 0.2) is 9.84 Å². The minimum Gasteiger partial charge on any atom is -0.497 e. The largest absolute Gasteiger partial charge is 0.497 e. The molecule has 1 heterocycles. The number of methoxy groups -OCH3 is 1. The summed E-state index contributed by atoms with van der Waals surface area (Å²) in [7, 11) is -1.70. The van der Waals surface area contributed by atoms with E-state index in [2.05, 4.69) is 0 Å². The Labute approximate surface area is 147 Å². The molecule has 0 fully saturated rings. The molecule has 25 heavy (non-hydrogen) atoms. The molecule has 0 saturated heterocycles. The third kappa shape index (κ3) is 4.09. The number of carbonyl (C=O) groups is 1. The third-order valence-corrected chi connectivity index (χ3v) is 5.44. The molecule has 0 aromatic heterocycles. The summed E-state index contributed by atoms with van der Waals surface area (Å²) < 4.78 is 28.8. The van der Waals surface area contributed by atoms with E-state index in [4.69, 9.17) is 4.74 Å². The predicted octanol–water partition coefficient (Wildman–Crippen LogP) is 2.58. The van der Waals surface area contributed by atoms with E-state index in [1.54, 1.807) is 42.4 Å². The average molecular weight is 357 g/mol. The Morgan fingerprint density at radius 2 is 1.80 bits per heavy atom. The highest BCUT2D eigenvalue weighted by Gasteiger charge is 2.31. The summed E-state index contributed by atoms with van der Waals surface area (Å²) in [5, 5.41) is 1.18. The van der Waals surface area contributed by atoms with Crippen molar-refractivity contribution in [3.8, 4) is 5.75 Å². The number of nitrogens with zero attached hydrogens (tertiary/aromatic N) is 1. The Balaban J connectivity index is 1.91. The molecule has 0 aliphatic carbocycles. The Morgan fingerprint density at radius 3 is 2.36 bits per heavy atom. The fourth-order valence-corrected chi connectivity index (χ4v) is 4.11. The lowest BCUT2D eigenvalue weighted by atomic mass is 10.1. The average Bonchev–Trinajstić information content (AvgIpc) is 2.96. The molecule has 5 nitrogen and oxygen atoms in total. The van der Waals surface area contributed by atoms with Crippen LogP contribution in [-0.4, -0.2) is 33.2 Å². The van der Waals surface area contributed by atoms with E-state index >= 15 is 0 Å². The van der Waals surface area contributed by atoms with Gasteiger partial charge in [-0.1, -0.05) is 30.3 Å². The highest BCUT2D eigenvalue weighted by atomic mass is 32.2. The summed E-state index contributed by atoms with van der Waals surface area (Å²) in [6.07, 6.45) is 1.78. The molecule has 0 N–H and O–H groups in total. The first-order valence-electron chi connectivity index (χ1n) is 7.89. The van der Waals surface area contributed by atoms with Gasteiger partial charge in [0, 0.05) is 11.1 Å². The molecule has 0 saturated carbocycles. The first kappa shape index (κ1) is 17.2. The van der Waals surface area contributed by atoms with Gasteiger partial charge in [0.25, 0.3) is 0 Å². The fraction of sp³-hybridized carbons (Fsp3) is 0.211. The highest BCUT2D eigenvalue weighted by Crippen LogP contribution is 2.26. The molecule has 3 rings (SSSR count).